The molecule has 0 aliphatic heterocycles. The highest BCUT2D eigenvalue weighted by atomic mass is 16.4. The molecule has 1 fully saturated rings. The molecule has 0 aromatic heterocycles. The summed E-state index contributed by atoms with van der Waals surface area (Å²) in [5.41, 5.74) is 1.19. The van der Waals surface area contributed by atoms with Crippen LogP contribution in [0.15, 0.2) is 36.1 Å². The van der Waals surface area contributed by atoms with Crippen LogP contribution >= 0.6 is 0 Å². The van der Waals surface area contributed by atoms with Crippen molar-refractivity contribution < 1.29 is 9.90 Å². The van der Waals surface area contributed by atoms with Gasteiger partial charge in [0, 0.05) is 6.20 Å². The number of fused-ring (bicyclic) bond motifs is 1. The molecule has 0 heterocycles. The van der Waals surface area contributed by atoms with Crippen molar-refractivity contribution in [3.05, 3.63) is 36.1 Å². The Kier molecular flexibility index (Phi) is 2.39. The van der Waals surface area contributed by atoms with E-state index in [0.29, 0.717) is 11.8 Å². The lowest BCUT2D eigenvalue weighted by Gasteiger charge is -2.12. The molecule has 2 atom stereocenters. The highest BCUT2D eigenvalue weighted by molar-refractivity contribution is 5.65. The molecule has 1 amide bonds. The second-order valence-corrected chi connectivity index (χ2v) is 3.76. The lowest BCUT2D eigenvalue weighted by molar-refractivity contribution is 0.198. The molecule has 0 radical (unpaired) electrons. The van der Waals surface area contributed by atoms with Crippen molar-refractivity contribution in [1.29, 1.82) is 0 Å². The number of nitrogens with one attached hydrogen (secondary N) is 1. The van der Waals surface area contributed by atoms with Crippen LogP contribution in [0, 0.1) is 11.8 Å². The monoisotopic (exact) mass is 191 g/mol. The highest BCUT2D eigenvalue weighted by Crippen LogP contribution is 2.38. The van der Waals surface area contributed by atoms with Crippen LogP contribution < -0.4 is 5.32 Å². The van der Waals surface area contributed by atoms with Gasteiger partial charge in [-0.3, -0.25) is 5.32 Å². The Morgan fingerprint density at radius 2 is 1.93 bits per heavy atom. The van der Waals surface area contributed by atoms with Gasteiger partial charge in [0.1, 0.15) is 0 Å². The molecule has 0 saturated heterocycles. The van der Waals surface area contributed by atoms with Gasteiger partial charge in [0.15, 0.2) is 0 Å². The van der Waals surface area contributed by atoms with E-state index in [-0.39, 0.29) is 0 Å². The second-order valence-electron chi connectivity index (χ2n) is 3.76. The standard InChI is InChI=1S/C11H13NO2/c13-11(14)12-7-8-5-9-3-1-2-4-10(9)6-8/h1-4,7,9-10,12H,5-6H2,(H,13,14). The molecule has 3 heteroatoms. The van der Waals surface area contributed by atoms with Crippen LogP contribution in [0.4, 0.5) is 4.79 Å². The molecular weight excluding hydrogens is 178 g/mol. The van der Waals surface area contributed by atoms with Gasteiger partial charge in [-0.05, 0) is 24.7 Å². The summed E-state index contributed by atoms with van der Waals surface area (Å²) in [5, 5.41) is 10.8. The topological polar surface area (TPSA) is 49.3 Å². The van der Waals surface area contributed by atoms with Crippen LogP contribution in [0.2, 0.25) is 0 Å². The summed E-state index contributed by atoms with van der Waals surface area (Å²) < 4.78 is 0. The summed E-state index contributed by atoms with van der Waals surface area (Å²) in [6.07, 6.45) is 11.1. The third-order valence-electron chi connectivity index (χ3n) is 2.77. The first-order valence-corrected chi connectivity index (χ1v) is 4.78. The van der Waals surface area contributed by atoms with Gasteiger partial charge in [-0.15, -0.1) is 0 Å². The van der Waals surface area contributed by atoms with E-state index in [1.54, 1.807) is 6.20 Å². The fourth-order valence-corrected chi connectivity index (χ4v) is 2.11. The van der Waals surface area contributed by atoms with Crippen molar-refractivity contribution >= 4 is 6.09 Å². The van der Waals surface area contributed by atoms with Crippen LogP contribution in [-0.2, 0) is 0 Å². The molecule has 2 aliphatic carbocycles. The molecule has 2 unspecified atom stereocenters. The first kappa shape index (κ1) is 9.06. The highest BCUT2D eigenvalue weighted by Gasteiger charge is 2.27. The maximum atomic E-state index is 10.3. The first-order valence-electron chi connectivity index (χ1n) is 4.78. The van der Waals surface area contributed by atoms with Gasteiger partial charge < -0.3 is 5.11 Å². The van der Waals surface area contributed by atoms with Gasteiger partial charge in [0.2, 0.25) is 0 Å². The zero-order chi connectivity index (χ0) is 9.97. The molecule has 1 saturated carbocycles. The van der Waals surface area contributed by atoms with E-state index in [1.807, 2.05) is 0 Å². The van der Waals surface area contributed by atoms with Crippen LogP contribution in [0.1, 0.15) is 12.8 Å². The Morgan fingerprint density at radius 1 is 1.36 bits per heavy atom. The number of allylic oxidation sites excluding steroid dienone is 5. The van der Waals surface area contributed by atoms with Crippen molar-refractivity contribution in [1.82, 2.24) is 5.32 Å². The zero-order valence-electron chi connectivity index (χ0n) is 7.81. The Bertz CT molecular complexity index is 306. The van der Waals surface area contributed by atoms with Crippen molar-refractivity contribution in [2.45, 2.75) is 12.8 Å². The Morgan fingerprint density at radius 3 is 2.43 bits per heavy atom. The molecule has 2 aliphatic rings. The first-order chi connectivity index (χ1) is 6.75. The summed E-state index contributed by atoms with van der Waals surface area (Å²) in [7, 11) is 0. The van der Waals surface area contributed by atoms with Gasteiger partial charge in [-0.25, -0.2) is 4.79 Å². The number of rotatable bonds is 1. The van der Waals surface area contributed by atoms with Gasteiger partial charge in [-0.1, -0.05) is 29.9 Å². The summed E-state index contributed by atoms with van der Waals surface area (Å²) >= 11 is 0. The normalized spacial score (nSPS) is 28.7. The molecule has 14 heavy (non-hydrogen) atoms. The minimum atomic E-state index is -0.988. The van der Waals surface area contributed by atoms with Crippen LogP contribution in [0.25, 0.3) is 0 Å². The van der Waals surface area contributed by atoms with E-state index in [0.717, 1.165) is 12.8 Å². The van der Waals surface area contributed by atoms with Crippen molar-refractivity contribution in [3.8, 4) is 0 Å². The van der Waals surface area contributed by atoms with E-state index in [9.17, 15) is 4.79 Å². The summed E-state index contributed by atoms with van der Waals surface area (Å²) in [6.45, 7) is 0. The Balaban J connectivity index is 2.00. The molecule has 0 aromatic carbocycles. The largest absolute Gasteiger partial charge is 0.465 e. The SMILES string of the molecule is O=C(O)NC=C1CC2C=CC=CC2C1. The number of amides is 1. The van der Waals surface area contributed by atoms with Gasteiger partial charge >= 0.3 is 6.09 Å². The van der Waals surface area contributed by atoms with Crippen molar-refractivity contribution in [2.24, 2.45) is 11.8 Å². The fraction of sp³-hybridized carbons (Fsp3) is 0.364. The predicted octanol–water partition coefficient (Wildman–Crippen LogP) is 2.29. The maximum absolute atomic E-state index is 10.3. The number of hydrogen-bond donors (Lipinski definition) is 2. The molecule has 2 N–H and O–H groups in total. The number of carbonyl (C=O) groups is 1. The summed E-state index contributed by atoms with van der Waals surface area (Å²) in [6, 6.07) is 0. The Hall–Kier alpha value is -1.51. The minimum Gasteiger partial charge on any atom is -0.465 e. The third-order valence-corrected chi connectivity index (χ3v) is 2.77. The summed E-state index contributed by atoms with van der Waals surface area (Å²) in [4.78, 5) is 10.3. The number of carboxylic acid groups (broad SMARTS) is 1. The van der Waals surface area contributed by atoms with Crippen molar-refractivity contribution in [2.75, 3.05) is 0 Å². The average molecular weight is 191 g/mol. The van der Waals surface area contributed by atoms with Gasteiger partial charge in [0.05, 0.1) is 0 Å². The van der Waals surface area contributed by atoms with Crippen LogP contribution in [0.5, 0.6) is 0 Å². The molecule has 0 spiro atoms. The second kappa shape index (κ2) is 3.70. The van der Waals surface area contributed by atoms with E-state index in [2.05, 4.69) is 29.6 Å². The van der Waals surface area contributed by atoms with Gasteiger partial charge in [-0.2, -0.15) is 0 Å². The van der Waals surface area contributed by atoms with Crippen LogP contribution in [0.3, 0.4) is 0 Å². The van der Waals surface area contributed by atoms with E-state index >= 15 is 0 Å². The molecule has 0 bridgehead atoms. The van der Waals surface area contributed by atoms with Crippen LogP contribution in [-0.4, -0.2) is 11.2 Å². The zero-order valence-corrected chi connectivity index (χ0v) is 7.81. The Labute approximate surface area is 82.8 Å². The molecular formula is C11H13NO2. The predicted molar refractivity (Wildman–Crippen MR) is 53.7 cm³/mol. The third kappa shape index (κ3) is 1.87. The molecule has 2 rings (SSSR count). The lowest BCUT2D eigenvalue weighted by Crippen LogP contribution is -2.13. The smallest absolute Gasteiger partial charge is 0.408 e. The lowest BCUT2D eigenvalue weighted by atomic mass is 9.92. The maximum Gasteiger partial charge on any atom is 0.408 e. The molecule has 74 valence electrons. The quantitative estimate of drug-likeness (QED) is 0.668. The van der Waals surface area contributed by atoms with Gasteiger partial charge in [0.25, 0.3) is 0 Å². The van der Waals surface area contributed by atoms with E-state index < -0.39 is 6.09 Å². The molecule has 0 aromatic rings. The van der Waals surface area contributed by atoms with E-state index in [4.69, 9.17) is 5.11 Å². The number of hydrogen-bond acceptors (Lipinski definition) is 1. The van der Waals surface area contributed by atoms with E-state index in [1.165, 1.54) is 5.57 Å². The minimum absolute atomic E-state index is 0.571. The van der Waals surface area contributed by atoms with Crippen molar-refractivity contribution in [3.63, 3.8) is 0 Å². The molecule has 3 nitrogen and oxygen atoms in total. The fourth-order valence-electron chi connectivity index (χ4n) is 2.11. The summed E-state index contributed by atoms with van der Waals surface area (Å²) in [5.74, 6) is 1.14. The average Bonchev–Trinajstić information content (AvgIpc) is 2.57.